The van der Waals surface area contributed by atoms with Crippen molar-refractivity contribution in [1.82, 2.24) is 4.98 Å². The highest BCUT2D eigenvalue weighted by molar-refractivity contribution is 5.88. The number of rotatable bonds is 3. The predicted molar refractivity (Wildman–Crippen MR) is 70.7 cm³/mol. The average molecular weight is 296 g/mol. The first-order valence-electron chi connectivity index (χ1n) is 5.90. The Morgan fingerprint density at radius 2 is 1.81 bits per heavy atom. The van der Waals surface area contributed by atoms with E-state index in [4.69, 9.17) is 5.11 Å². The third-order valence-electron chi connectivity index (χ3n) is 2.91. The predicted octanol–water partition coefficient (Wildman–Crippen LogP) is 3.57. The lowest BCUT2D eigenvalue weighted by molar-refractivity contribution is -0.137. The fourth-order valence-corrected chi connectivity index (χ4v) is 1.84. The van der Waals surface area contributed by atoms with Gasteiger partial charge in [0.1, 0.15) is 5.82 Å². The van der Waals surface area contributed by atoms with Crippen molar-refractivity contribution in [1.29, 1.82) is 0 Å². The van der Waals surface area contributed by atoms with Gasteiger partial charge in [0, 0.05) is 18.9 Å². The van der Waals surface area contributed by atoms with Crippen LogP contribution in [0.15, 0.2) is 42.6 Å². The number of carboxylic acids is 1. The number of hydrogen-bond acceptors (Lipinski definition) is 3. The number of hydrogen-bond donors (Lipinski definition) is 1. The smallest absolute Gasteiger partial charge is 0.419 e. The number of aromatic nitrogens is 1. The zero-order valence-corrected chi connectivity index (χ0v) is 10.9. The van der Waals surface area contributed by atoms with Gasteiger partial charge < -0.3 is 10.0 Å². The number of carboxylic acid groups (broad SMARTS) is 1. The van der Waals surface area contributed by atoms with Gasteiger partial charge in [-0.05, 0) is 36.4 Å². The van der Waals surface area contributed by atoms with E-state index >= 15 is 0 Å². The van der Waals surface area contributed by atoms with Crippen LogP contribution >= 0.6 is 0 Å². The molecular weight excluding hydrogens is 285 g/mol. The van der Waals surface area contributed by atoms with Gasteiger partial charge in [0.15, 0.2) is 0 Å². The molecule has 1 aromatic heterocycles. The number of aromatic carboxylic acids is 1. The number of carbonyl (C=O) groups is 1. The van der Waals surface area contributed by atoms with Gasteiger partial charge in [-0.3, -0.25) is 0 Å². The number of alkyl halides is 3. The summed E-state index contributed by atoms with van der Waals surface area (Å²) in [4.78, 5) is 15.8. The van der Waals surface area contributed by atoms with E-state index in [1.54, 1.807) is 0 Å². The van der Waals surface area contributed by atoms with Crippen molar-refractivity contribution in [2.24, 2.45) is 0 Å². The summed E-state index contributed by atoms with van der Waals surface area (Å²) in [5, 5.41) is 8.81. The van der Waals surface area contributed by atoms with Crippen molar-refractivity contribution in [3.63, 3.8) is 0 Å². The van der Waals surface area contributed by atoms with Crippen molar-refractivity contribution in [2.45, 2.75) is 6.18 Å². The molecule has 4 nitrogen and oxygen atoms in total. The van der Waals surface area contributed by atoms with Crippen molar-refractivity contribution >= 4 is 17.5 Å². The molecule has 0 unspecified atom stereocenters. The maximum Gasteiger partial charge on any atom is 0.419 e. The summed E-state index contributed by atoms with van der Waals surface area (Å²) >= 11 is 0. The fraction of sp³-hybridized carbons (Fsp3) is 0.143. The quantitative estimate of drug-likeness (QED) is 0.940. The average Bonchev–Trinajstić information content (AvgIpc) is 2.45. The molecule has 0 amide bonds. The SMILES string of the molecule is CN(c1ccc(C(=O)O)cc1)c1ncccc1C(F)(F)F. The van der Waals surface area contributed by atoms with E-state index in [0.717, 1.165) is 6.07 Å². The van der Waals surface area contributed by atoms with Gasteiger partial charge in [0.05, 0.1) is 11.1 Å². The molecule has 0 radical (unpaired) electrons. The Morgan fingerprint density at radius 3 is 2.33 bits per heavy atom. The number of pyridine rings is 1. The molecule has 7 heteroatoms. The number of halogens is 3. The maximum atomic E-state index is 13.0. The second-order valence-corrected chi connectivity index (χ2v) is 4.28. The largest absolute Gasteiger partial charge is 0.478 e. The second-order valence-electron chi connectivity index (χ2n) is 4.28. The monoisotopic (exact) mass is 296 g/mol. The first-order chi connectivity index (χ1) is 9.80. The second kappa shape index (κ2) is 5.43. The highest BCUT2D eigenvalue weighted by atomic mass is 19.4. The molecular formula is C14H11F3N2O2. The Morgan fingerprint density at radius 1 is 1.19 bits per heavy atom. The summed E-state index contributed by atoms with van der Waals surface area (Å²) in [6.07, 6.45) is -3.24. The molecule has 0 fully saturated rings. The minimum Gasteiger partial charge on any atom is -0.478 e. The zero-order valence-electron chi connectivity index (χ0n) is 10.9. The highest BCUT2D eigenvalue weighted by Gasteiger charge is 2.35. The van der Waals surface area contributed by atoms with Gasteiger partial charge in [-0.15, -0.1) is 0 Å². The molecule has 0 atom stereocenters. The van der Waals surface area contributed by atoms with Crippen LogP contribution in [0.5, 0.6) is 0 Å². The van der Waals surface area contributed by atoms with Gasteiger partial charge in [0.2, 0.25) is 0 Å². The molecule has 0 saturated carbocycles. The lowest BCUT2D eigenvalue weighted by Gasteiger charge is -2.22. The summed E-state index contributed by atoms with van der Waals surface area (Å²) in [5.74, 6) is -1.34. The summed E-state index contributed by atoms with van der Waals surface area (Å²) < 4.78 is 38.9. The molecule has 2 rings (SSSR count). The first-order valence-corrected chi connectivity index (χ1v) is 5.90. The molecule has 1 heterocycles. The molecule has 1 N–H and O–H groups in total. The minimum atomic E-state index is -4.52. The van der Waals surface area contributed by atoms with Gasteiger partial charge >= 0.3 is 12.1 Å². The van der Waals surface area contributed by atoms with Crippen LogP contribution in [0.3, 0.4) is 0 Å². The van der Waals surface area contributed by atoms with Crippen LogP contribution in [0.25, 0.3) is 0 Å². The summed E-state index contributed by atoms with van der Waals surface area (Å²) in [6.45, 7) is 0. The third kappa shape index (κ3) is 3.13. The van der Waals surface area contributed by atoms with E-state index in [9.17, 15) is 18.0 Å². The molecule has 0 saturated heterocycles. The van der Waals surface area contributed by atoms with Crippen LogP contribution in [-0.4, -0.2) is 23.1 Å². The van der Waals surface area contributed by atoms with Crippen LogP contribution in [0.4, 0.5) is 24.7 Å². The summed E-state index contributed by atoms with van der Waals surface area (Å²) in [5.41, 5.74) is -0.386. The maximum absolute atomic E-state index is 13.0. The third-order valence-corrected chi connectivity index (χ3v) is 2.91. The van der Waals surface area contributed by atoms with Crippen molar-refractivity contribution < 1.29 is 23.1 Å². The molecule has 21 heavy (non-hydrogen) atoms. The molecule has 0 aliphatic rings. The Labute approximate surface area is 118 Å². The van der Waals surface area contributed by atoms with E-state index in [-0.39, 0.29) is 11.4 Å². The van der Waals surface area contributed by atoms with E-state index in [2.05, 4.69) is 4.98 Å². The van der Waals surface area contributed by atoms with E-state index < -0.39 is 17.7 Å². The van der Waals surface area contributed by atoms with E-state index in [1.165, 1.54) is 48.5 Å². The highest BCUT2D eigenvalue weighted by Crippen LogP contribution is 2.36. The summed E-state index contributed by atoms with van der Waals surface area (Å²) in [6, 6.07) is 7.67. The van der Waals surface area contributed by atoms with Crippen LogP contribution in [-0.2, 0) is 6.18 Å². The molecule has 0 aliphatic heterocycles. The van der Waals surface area contributed by atoms with Gasteiger partial charge in [-0.2, -0.15) is 13.2 Å². The zero-order chi connectivity index (χ0) is 15.6. The Hall–Kier alpha value is -2.57. The lowest BCUT2D eigenvalue weighted by atomic mass is 10.2. The lowest BCUT2D eigenvalue weighted by Crippen LogP contribution is -2.18. The van der Waals surface area contributed by atoms with Crippen LogP contribution in [0.1, 0.15) is 15.9 Å². The molecule has 0 aliphatic carbocycles. The van der Waals surface area contributed by atoms with E-state index in [0.29, 0.717) is 5.69 Å². The summed E-state index contributed by atoms with van der Waals surface area (Å²) in [7, 11) is 1.44. The number of nitrogens with zero attached hydrogens (tertiary/aromatic N) is 2. The van der Waals surface area contributed by atoms with Crippen LogP contribution < -0.4 is 4.90 Å². The first kappa shape index (κ1) is 14.8. The molecule has 110 valence electrons. The van der Waals surface area contributed by atoms with Crippen molar-refractivity contribution in [3.8, 4) is 0 Å². The van der Waals surface area contributed by atoms with Crippen molar-refractivity contribution in [3.05, 3.63) is 53.7 Å². The standard InChI is InChI=1S/C14H11F3N2O2/c1-19(10-6-4-9(5-7-10)13(20)21)12-11(14(15,16)17)3-2-8-18-12/h2-8H,1H3,(H,20,21). The Kier molecular flexibility index (Phi) is 3.84. The van der Waals surface area contributed by atoms with Gasteiger partial charge in [-0.25, -0.2) is 9.78 Å². The number of anilines is 2. The van der Waals surface area contributed by atoms with Crippen LogP contribution in [0.2, 0.25) is 0 Å². The Balaban J connectivity index is 2.40. The van der Waals surface area contributed by atoms with Gasteiger partial charge in [0.25, 0.3) is 0 Å². The molecule has 0 bridgehead atoms. The topological polar surface area (TPSA) is 53.4 Å². The van der Waals surface area contributed by atoms with Crippen molar-refractivity contribution in [2.75, 3.05) is 11.9 Å². The normalized spacial score (nSPS) is 11.2. The number of benzene rings is 1. The molecule has 1 aromatic carbocycles. The molecule has 0 spiro atoms. The van der Waals surface area contributed by atoms with Gasteiger partial charge in [-0.1, -0.05) is 0 Å². The molecule has 2 aromatic rings. The van der Waals surface area contributed by atoms with E-state index in [1.807, 2.05) is 0 Å². The minimum absolute atomic E-state index is 0.0595. The fourth-order valence-electron chi connectivity index (χ4n) is 1.84. The Bertz CT molecular complexity index is 654. The van der Waals surface area contributed by atoms with Crippen LogP contribution in [0, 0.1) is 0 Å².